The van der Waals surface area contributed by atoms with E-state index in [4.69, 9.17) is 10.2 Å². The van der Waals surface area contributed by atoms with Gasteiger partial charge in [0, 0.05) is 13.0 Å². The lowest BCUT2D eigenvalue weighted by molar-refractivity contribution is 0.510. The minimum atomic E-state index is 0.0846. The van der Waals surface area contributed by atoms with Crippen molar-refractivity contribution in [2.45, 2.75) is 33.2 Å². The van der Waals surface area contributed by atoms with Crippen LogP contribution >= 0.6 is 0 Å². The molecule has 16 heavy (non-hydrogen) atoms. The standard InChI is InChI=1S/C13H18N2O/c1-8(2)6-11(14)10-4-5-13-12(7-10)15-9(3)16-13/h4-5,7-8,11H,6,14H2,1-3H3. The van der Waals surface area contributed by atoms with Crippen LogP contribution in [0.1, 0.15) is 37.8 Å². The van der Waals surface area contributed by atoms with Crippen LogP contribution in [-0.4, -0.2) is 4.98 Å². The van der Waals surface area contributed by atoms with Crippen molar-refractivity contribution in [2.75, 3.05) is 0 Å². The normalized spacial score (nSPS) is 13.6. The van der Waals surface area contributed by atoms with E-state index in [0.717, 1.165) is 23.1 Å². The van der Waals surface area contributed by atoms with E-state index in [1.807, 2.05) is 25.1 Å². The van der Waals surface area contributed by atoms with Crippen LogP contribution in [0.4, 0.5) is 0 Å². The zero-order chi connectivity index (χ0) is 11.7. The van der Waals surface area contributed by atoms with Crippen molar-refractivity contribution in [3.63, 3.8) is 0 Å². The van der Waals surface area contributed by atoms with Gasteiger partial charge in [0.1, 0.15) is 5.52 Å². The molecule has 0 aliphatic heterocycles. The van der Waals surface area contributed by atoms with Gasteiger partial charge in [-0.15, -0.1) is 0 Å². The first-order chi connectivity index (χ1) is 7.56. The van der Waals surface area contributed by atoms with E-state index in [9.17, 15) is 0 Å². The first-order valence-electron chi connectivity index (χ1n) is 5.69. The van der Waals surface area contributed by atoms with E-state index in [1.54, 1.807) is 0 Å². The van der Waals surface area contributed by atoms with Crippen LogP contribution in [0.5, 0.6) is 0 Å². The largest absolute Gasteiger partial charge is 0.441 e. The minimum Gasteiger partial charge on any atom is -0.441 e. The topological polar surface area (TPSA) is 52.0 Å². The maximum Gasteiger partial charge on any atom is 0.192 e. The summed E-state index contributed by atoms with van der Waals surface area (Å²) < 4.78 is 5.43. The van der Waals surface area contributed by atoms with Crippen LogP contribution in [0.25, 0.3) is 11.1 Å². The summed E-state index contributed by atoms with van der Waals surface area (Å²) in [5, 5.41) is 0. The SMILES string of the molecule is Cc1nc2cc(C(N)CC(C)C)ccc2o1. The monoisotopic (exact) mass is 218 g/mol. The smallest absolute Gasteiger partial charge is 0.192 e. The molecule has 0 aliphatic rings. The highest BCUT2D eigenvalue weighted by Crippen LogP contribution is 2.23. The molecule has 3 heteroatoms. The lowest BCUT2D eigenvalue weighted by Gasteiger charge is -2.13. The quantitative estimate of drug-likeness (QED) is 0.860. The summed E-state index contributed by atoms with van der Waals surface area (Å²) >= 11 is 0. The molecular formula is C13H18N2O. The third kappa shape index (κ3) is 2.25. The Morgan fingerprint density at radius 1 is 1.38 bits per heavy atom. The third-order valence-electron chi connectivity index (χ3n) is 2.67. The van der Waals surface area contributed by atoms with E-state index in [1.165, 1.54) is 0 Å². The Kier molecular flexibility index (Phi) is 2.97. The van der Waals surface area contributed by atoms with Crippen molar-refractivity contribution in [2.24, 2.45) is 11.7 Å². The molecule has 0 saturated carbocycles. The Bertz CT molecular complexity index is 488. The molecule has 86 valence electrons. The molecule has 1 heterocycles. The van der Waals surface area contributed by atoms with E-state index >= 15 is 0 Å². The summed E-state index contributed by atoms with van der Waals surface area (Å²) in [5.41, 5.74) is 9.00. The molecule has 0 fully saturated rings. The third-order valence-corrected chi connectivity index (χ3v) is 2.67. The molecular weight excluding hydrogens is 200 g/mol. The second-order valence-electron chi connectivity index (χ2n) is 4.70. The van der Waals surface area contributed by atoms with Crippen LogP contribution in [0.15, 0.2) is 22.6 Å². The number of hydrogen-bond acceptors (Lipinski definition) is 3. The number of benzene rings is 1. The number of oxazole rings is 1. The van der Waals surface area contributed by atoms with Crippen LogP contribution in [-0.2, 0) is 0 Å². The van der Waals surface area contributed by atoms with Crippen molar-refractivity contribution >= 4 is 11.1 Å². The van der Waals surface area contributed by atoms with Crippen molar-refractivity contribution in [1.29, 1.82) is 0 Å². The molecule has 1 unspecified atom stereocenters. The Morgan fingerprint density at radius 2 is 2.12 bits per heavy atom. The molecule has 2 rings (SSSR count). The number of rotatable bonds is 3. The fraction of sp³-hybridized carbons (Fsp3) is 0.462. The second-order valence-corrected chi connectivity index (χ2v) is 4.70. The summed E-state index contributed by atoms with van der Waals surface area (Å²) in [6.07, 6.45) is 0.988. The Morgan fingerprint density at radius 3 is 2.81 bits per heavy atom. The second kappa shape index (κ2) is 4.26. The Balaban J connectivity index is 2.31. The Labute approximate surface area is 95.7 Å². The van der Waals surface area contributed by atoms with Crippen molar-refractivity contribution < 1.29 is 4.42 Å². The fourth-order valence-corrected chi connectivity index (χ4v) is 1.93. The highest BCUT2D eigenvalue weighted by Gasteiger charge is 2.10. The number of nitrogens with zero attached hydrogens (tertiary/aromatic N) is 1. The summed E-state index contributed by atoms with van der Waals surface area (Å²) in [4.78, 5) is 4.31. The molecule has 3 nitrogen and oxygen atoms in total. The zero-order valence-corrected chi connectivity index (χ0v) is 10.0. The number of aromatic nitrogens is 1. The molecule has 0 aliphatic carbocycles. The molecule has 0 amide bonds. The van der Waals surface area contributed by atoms with Crippen LogP contribution in [0, 0.1) is 12.8 Å². The predicted octanol–water partition coefficient (Wildman–Crippen LogP) is 3.18. The first kappa shape index (κ1) is 11.1. The van der Waals surface area contributed by atoms with Gasteiger partial charge in [0.25, 0.3) is 0 Å². The predicted molar refractivity (Wildman–Crippen MR) is 65.1 cm³/mol. The van der Waals surface area contributed by atoms with Crippen LogP contribution in [0.2, 0.25) is 0 Å². The summed E-state index contributed by atoms with van der Waals surface area (Å²) in [5.74, 6) is 1.30. The number of hydrogen-bond donors (Lipinski definition) is 1. The molecule has 0 radical (unpaired) electrons. The highest BCUT2D eigenvalue weighted by molar-refractivity contribution is 5.73. The molecule has 0 spiro atoms. The van der Waals surface area contributed by atoms with Crippen LogP contribution in [0.3, 0.4) is 0 Å². The van der Waals surface area contributed by atoms with Crippen molar-refractivity contribution in [3.8, 4) is 0 Å². The number of fused-ring (bicyclic) bond motifs is 1. The lowest BCUT2D eigenvalue weighted by atomic mass is 9.98. The van der Waals surface area contributed by atoms with Crippen molar-refractivity contribution in [1.82, 2.24) is 4.98 Å². The minimum absolute atomic E-state index is 0.0846. The van der Waals surface area contributed by atoms with Gasteiger partial charge in [-0.05, 0) is 30.0 Å². The lowest BCUT2D eigenvalue weighted by Crippen LogP contribution is -2.12. The molecule has 2 aromatic rings. The van der Waals surface area contributed by atoms with Crippen LogP contribution < -0.4 is 5.73 Å². The van der Waals surface area contributed by atoms with E-state index in [0.29, 0.717) is 11.8 Å². The van der Waals surface area contributed by atoms with E-state index in [-0.39, 0.29) is 6.04 Å². The van der Waals surface area contributed by atoms with Gasteiger partial charge in [-0.25, -0.2) is 4.98 Å². The van der Waals surface area contributed by atoms with Gasteiger partial charge in [0.05, 0.1) is 0 Å². The fourth-order valence-electron chi connectivity index (χ4n) is 1.93. The molecule has 1 aromatic carbocycles. The van der Waals surface area contributed by atoms with Gasteiger partial charge in [-0.3, -0.25) is 0 Å². The highest BCUT2D eigenvalue weighted by atomic mass is 16.3. The molecule has 0 saturated heterocycles. The maximum absolute atomic E-state index is 6.14. The molecule has 1 atom stereocenters. The molecule has 0 bridgehead atoms. The van der Waals surface area contributed by atoms with E-state index < -0.39 is 0 Å². The van der Waals surface area contributed by atoms with Gasteiger partial charge in [0.15, 0.2) is 11.5 Å². The summed E-state index contributed by atoms with van der Waals surface area (Å²) in [6, 6.07) is 6.09. The van der Waals surface area contributed by atoms with Gasteiger partial charge < -0.3 is 10.2 Å². The first-order valence-corrected chi connectivity index (χ1v) is 5.69. The maximum atomic E-state index is 6.14. The number of nitrogens with two attached hydrogens (primary N) is 1. The van der Waals surface area contributed by atoms with Gasteiger partial charge in [-0.2, -0.15) is 0 Å². The van der Waals surface area contributed by atoms with Crippen molar-refractivity contribution in [3.05, 3.63) is 29.7 Å². The van der Waals surface area contributed by atoms with E-state index in [2.05, 4.69) is 18.8 Å². The molecule has 1 aromatic heterocycles. The summed E-state index contributed by atoms with van der Waals surface area (Å²) in [7, 11) is 0. The van der Waals surface area contributed by atoms with Gasteiger partial charge in [-0.1, -0.05) is 19.9 Å². The Hall–Kier alpha value is -1.35. The van der Waals surface area contributed by atoms with Gasteiger partial charge >= 0.3 is 0 Å². The average Bonchev–Trinajstić information content (AvgIpc) is 2.55. The zero-order valence-electron chi connectivity index (χ0n) is 10.0. The molecule has 2 N–H and O–H groups in total. The summed E-state index contributed by atoms with van der Waals surface area (Å²) in [6.45, 7) is 6.21. The average molecular weight is 218 g/mol. The number of aryl methyl sites for hydroxylation is 1. The van der Waals surface area contributed by atoms with Gasteiger partial charge in [0.2, 0.25) is 0 Å².